The lowest BCUT2D eigenvalue weighted by Gasteiger charge is -1.95. The molecule has 0 aromatic rings. The van der Waals surface area contributed by atoms with Gasteiger partial charge >= 0.3 is 0 Å². The number of hydrogen-bond acceptors (Lipinski definition) is 2. The van der Waals surface area contributed by atoms with E-state index in [-0.39, 0.29) is 5.96 Å². The largest absolute Gasteiger partial charge is 0.354 e. The van der Waals surface area contributed by atoms with Gasteiger partial charge in [-0.1, -0.05) is 0 Å². The molecule has 0 aromatic carbocycles. The molecule has 1 radical (unpaired) electrons. The van der Waals surface area contributed by atoms with Gasteiger partial charge in [-0.2, -0.15) is 0 Å². The second kappa shape index (κ2) is 2.47. The molecule has 0 aromatic heterocycles. The Kier molecular flexibility index (Phi) is 2.15. The third kappa shape index (κ3) is 1.54. The first kappa shape index (κ1) is 5.23. The Hall–Kier alpha value is -0.770. The third-order valence-electron chi connectivity index (χ3n) is 0.321. The Morgan fingerprint density at radius 1 is 1.83 bits per heavy atom. The van der Waals surface area contributed by atoms with Crippen LogP contribution in [-0.4, -0.2) is 5.96 Å². The Labute approximate surface area is 36.2 Å². The van der Waals surface area contributed by atoms with E-state index in [9.17, 15) is 0 Å². The highest BCUT2D eigenvalue weighted by atomic mass is 15.3. The van der Waals surface area contributed by atoms with E-state index in [1.807, 2.05) is 5.43 Å². The summed E-state index contributed by atoms with van der Waals surface area (Å²) >= 11 is 0. The normalized spacial score (nSPS) is 7.00. The van der Waals surface area contributed by atoms with Crippen molar-refractivity contribution in [1.29, 1.82) is 5.41 Å². The molecule has 0 saturated heterocycles. The van der Waals surface area contributed by atoms with Crippen molar-refractivity contribution < 1.29 is 0 Å². The van der Waals surface area contributed by atoms with Crippen LogP contribution in [0.5, 0.6) is 0 Å². The van der Waals surface area contributed by atoms with E-state index in [2.05, 4.69) is 12.4 Å². The van der Waals surface area contributed by atoms with Crippen LogP contribution in [0.1, 0.15) is 0 Å². The summed E-state index contributed by atoms with van der Waals surface area (Å²) in [5.41, 5.74) is 2.02. The molecular weight excluding hydrogens is 80.0 g/mol. The van der Waals surface area contributed by atoms with Crippen LogP contribution < -0.4 is 16.6 Å². The molecule has 0 saturated carbocycles. The highest BCUT2D eigenvalue weighted by molar-refractivity contribution is 5.75. The first-order chi connectivity index (χ1) is 2.81. The van der Waals surface area contributed by atoms with Gasteiger partial charge in [-0.15, -0.1) is 0 Å². The van der Waals surface area contributed by atoms with E-state index in [1.165, 1.54) is 0 Å². The van der Waals surface area contributed by atoms with E-state index in [0.717, 1.165) is 0 Å². The minimum Gasteiger partial charge on any atom is -0.354 e. The van der Waals surface area contributed by atoms with Crippen molar-refractivity contribution in [1.82, 2.24) is 10.7 Å². The molecule has 4 nitrogen and oxygen atoms in total. The lowest BCUT2D eigenvalue weighted by Crippen LogP contribution is -2.37. The highest BCUT2D eigenvalue weighted by Crippen LogP contribution is 1.41. The summed E-state index contributed by atoms with van der Waals surface area (Å²) in [4.78, 5) is 0. The lowest BCUT2D eigenvalue weighted by atomic mass is 11.0. The predicted molar refractivity (Wildman–Crippen MR) is 23.5 cm³/mol. The van der Waals surface area contributed by atoms with Crippen molar-refractivity contribution >= 4 is 5.96 Å². The third-order valence-corrected chi connectivity index (χ3v) is 0.321. The number of hydrogen-bond donors (Lipinski definition) is 4. The van der Waals surface area contributed by atoms with Crippen molar-refractivity contribution in [3.05, 3.63) is 7.05 Å². The first-order valence-corrected chi connectivity index (χ1v) is 1.39. The molecular formula is C2H7N4. The molecule has 4 heteroatoms. The molecule has 0 aliphatic rings. The van der Waals surface area contributed by atoms with Crippen LogP contribution in [0.15, 0.2) is 0 Å². The molecule has 0 aliphatic heterocycles. The molecule has 0 heterocycles. The minimum atomic E-state index is 0.00926. The van der Waals surface area contributed by atoms with Gasteiger partial charge in [0.15, 0.2) is 0 Å². The summed E-state index contributed by atoms with van der Waals surface area (Å²) in [6.45, 7) is 0. The van der Waals surface area contributed by atoms with Crippen molar-refractivity contribution in [2.24, 2.45) is 5.84 Å². The van der Waals surface area contributed by atoms with Gasteiger partial charge < -0.3 is 5.32 Å². The SMILES string of the molecule is [CH2]NC(=N)NN. The Bertz CT molecular complexity index is 43.5. The molecule has 6 heavy (non-hydrogen) atoms. The van der Waals surface area contributed by atoms with Gasteiger partial charge in [0.1, 0.15) is 0 Å². The molecule has 0 spiro atoms. The number of hydrazine groups is 1. The monoisotopic (exact) mass is 87.1 g/mol. The second-order valence-electron chi connectivity index (χ2n) is 0.696. The van der Waals surface area contributed by atoms with Crippen LogP contribution in [0, 0.1) is 12.5 Å². The molecule has 0 aliphatic carbocycles. The first-order valence-electron chi connectivity index (χ1n) is 1.39. The Morgan fingerprint density at radius 2 is 2.33 bits per heavy atom. The summed E-state index contributed by atoms with van der Waals surface area (Å²) < 4.78 is 0. The van der Waals surface area contributed by atoms with Crippen LogP contribution in [0.4, 0.5) is 0 Å². The Balaban J connectivity index is 2.99. The maximum atomic E-state index is 6.58. The zero-order chi connectivity index (χ0) is 4.99. The fourth-order valence-electron chi connectivity index (χ4n) is 0.0510. The lowest BCUT2D eigenvalue weighted by molar-refractivity contribution is 0.950. The molecule has 0 rings (SSSR count). The van der Waals surface area contributed by atoms with Crippen molar-refractivity contribution in [2.45, 2.75) is 0 Å². The Morgan fingerprint density at radius 3 is 2.33 bits per heavy atom. The fourth-order valence-corrected chi connectivity index (χ4v) is 0.0510. The predicted octanol–water partition coefficient (Wildman–Crippen LogP) is -1.23. The summed E-state index contributed by atoms with van der Waals surface area (Å²) in [6.07, 6.45) is 0. The number of guanidine groups is 1. The fraction of sp³-hybridized carbons (Fsp3) is 0. The van der Waals surface area contributed by atoms with Crippen molar-refractivity contribution in [3.63, 3.8) is 0 Å². The van der Waals surface area contributed by atoms with Gasteiger partial charge in [0, 0.05) is 7.05 Å². The molecule has 35 valence electrons. The quantitative estimate of drug-likeness (QED) is 0.129. The average molecular weight is 87.1 g/mol. The molecule has 0 atom stereocenters. The van der Waals surface area contributed by atoms with Gasteiger partial charge in [0.05, 0.1) is 0 Å². The van der Waals surface area contributed by atoms with Gasteiger partial charge in [-0.05, 0) is 0 Å². The van der Waals surface area contributed by atoms with Crippen LogP contribution in [0.2, 0.25) is 0 Å². The van der Waals surface area contributed by atoms with Crippen molar-refractivity contribution in [2.75, 3.05) is 0 Å². The zero-order valence-electron chi connectivity index (χ0n) is 3.28. The number of nitrogens with one attached hydrogen (secondary N) is 3. The summed E-state index contributed by atoms with van der Waals surface area (Å²) in [5.74, 6) is 4.71. The van der Waals surface area contributed by atoms with Crippen LogP contribution >= 0.6 is 0 Å². The minimum absolute atomic E-state index is 0.00926. The van der Waals surface area contributed by atoms with E-state index in [1.54, 1.807) is 0 Å². The van der Waals surface area contributed by atoms with E-state index in [0.29, 0.717) is 0 Å². The molecule has 0 fully saturated rings. The number of rotatable bonds is 0. The standard InChI is InChI=1S/C2H7N4/c1-5-2(3)6-4/h1,4H2,(H3,3,5,6). The number of nitrogens with two attached hydrogens (primary N) is 1. The van der Waals surface area contributed by atoms with E-state index >= 15 is 0 Å². The summed E-state index contributed by atoms with van der Waals surface area (Å²) in [7, 11) is 3.14. The smallest absolute Gasteiger partial charge is 0.202 e. The van der Waals surface area contributed by atoms with Gasteiger partial charge in [0.2, 0.25) is 5.96 Å². The second-order valence-corrected chi connectivity index (χ2v) is 0.696. The van der Waals surface area contributed by atoms with Gasteiger partial charge in [-0.25, -0.2) is 5.84 Å². The topological polar surface area (TPSA) is 73.9 Å². The van der Waals surface area contributed by atoms with Crippen LogP contribution in [0.25, 0.3) is 0 Å². The van der Waals surface area contributed by atoms with Crippen molar-refractivity contribution in [3.8, 4) is 0 Å². The molecule has 0 unspecified atom stereocenters. The summed E-state index contributed by atoms with van der Waals surface area (Å²) in [6, 6.07) is 0. The van der Waals surface area contributed by atoms with Crippen LogP contribution in [-0.2, 0) is 0 Å². The molecule has 5 N–H and O–H groups in total. The van der Waals surface area contributed by atoms with E-state index < -0.39 is 0 Å². The molecule has 0 amide bonds. The van der Waals surface area contributed by atoms with Gasteiger partial charge in [-0.3, -0.25) is 10.8 Å². The van der Waals surface area contributed by atoms with Crippen LogP contribution in [0.3, 0.4) is 0 Å². The molecule has 0 bridgehead atoms. The average Bonchev–Trinajstić information content (AvgIpc) is 1.65. The highest BCUT2D eigenvalue weighted by Gasteiger charge is 1.75. The van der Waals surface area contributed by atoms with E-state index in [4.69, 9.17) is 11.3 Å². The van der Waals surface area contributed by atoms with Gasteiger partial charge in [0.25, 0.3) is 0 Å². The maximum Gasteiger partial charge on any atom is 0.202 e. The maximum absolute atomic E-state index is 6.58. The summed E-state index contributed by atoms with van der Waals surface area (Å²) in [5, 5.41) is 8.79. The zero-order valence-corrected chi connectivity index (χ0v) is 3.28.